The molecule has 88 valence electrons. The van der Waals surface area contributed by atoms with Crippen LogP contribution in [0.25, 0.3) is 10.9 Å². The summed E-state index contributed by atoms with van der Waals surface area (Å²) in [6, 6.07) is 7.41. The zero-order valence-corrected chi connectivity index (χ0v) is 9.55. The molecule has 0 saturated heterocycles. The lowest BCUT2D eigenvalue weighted by Crippen LogP contribution is -2.06. The summed E-state index contributed by atoms with van der Waals surface area (Å²) in [4.78, 5) is 21.7. The lowest BCUT2D eigenvalue weighted by Gasteiger charge is -2.04. The number of hydrogen-bond acceptors (Lipinski definition) is 3. The number of aromatic nitrogens is 1. The van der Waals surface area contributed by atoms with Gasteiger partial charge in [-0.15, -0.1) is 0 Å². The van der Waals surface area contributed by atoms with Crippen molar-refractivity contribution in [3.63, 3.8) is 0 Å². The molecular formula is C13H13NO3. The van der Waals surface area contributed by atoms with E-state index < -0.39 is 0 Å². The number of benzene rings is 1. The van der Waals surface area contributed by atoms with Gasteiger partial charge in [0.25, 0.3) is 0 Å². The molecule has 0 spiro atoms. The van der Waals surface area contributed by atoms with Gasteiger partial charge in [0.15, 0.2) is 0 Å². The van der Waals surface area contributed by atoms with Crippen molar-refractivity contribution in [3.8, 4) is 0 Å². The van der Waals surface area contributed by atoms with E-state index in [0.29, 0.717) is 18.5 Å². The molecular weight excluding hydrogens is 218 g/mol. The van der Waals surface area contributed by atoms with Crippen LogP contribution < -0.4 is 0 Å². The third-order valence-corrected chi connectivity index (χ3v) is 2.72. The number of aldehydes is 1. The van der Waals surface area contributed by atoms with Crippen LogP contribution in [-0.4, -0.2) is 23.9 Å². The number of ether oxygens (including phenoxy) is 1. The molecule has 0 aliphatic heterocycles. The maximum Gasteiger partial charge on any atom is 0.307 e. The van der Waals surface area contributed by atoms with Crippen LogP contribution in [0.1, 0.15) is 16.8 Å². The SMILES string of the molecule is COC(=O)CCn1ccc2cc(C=O)ccc21. The Morgan fingerprint density at radius 3 is 2.94 bits per heavy atom. The molecule has 0 fully saturated rings. The fraction of sp³-hybridized carbons (Fsp3) is 0.231. The van der Waals surface area contributed by atoms with E-state index in [9.17, 15) is 9.59 Å². The third-order valence-electron chi connectivity index (χ3n) is 2.72. The first-order chi connectivity index (χ1) is 8.24. The van der Waals surface area contributed by atoms with Crippen LogP contribution in [0.2, 0.25) is 0 Å². The van der Waals surface area contributed by atoms with E-state index in [4.69, 9.17) is 0 Å². The van der Waals surface area contributed by atoms with E-state index in [1.54, 1.807) is 6.07 Å². The number of carbonyl (C=O) groups excluding carboxylic acids is 2. The number of aryl methyl sites for hydroxylation is 1. The number of hydrogen-bond donors (Lipinski definition) is 0. The van der Waals surface area contributed by atoms with E-state index in [1.807, 2.05) is 29.0 Å². The van der Waals surface area contributed by atoms with Crippen LogP contribution in [0, 0.1) is 0 Å². The number of rotatable bonds is 4. The molecule has 1 aromatic carbocycles. The highest BCUT2D eigenvalue weighted by molar-refractivity contribution is 5.87. The predicted octanol–water partition coefficient (Wildman–Crippen LogP) is 2.02. The summed E-state index contributed by atoms with van der Waals surface area (Å²) in [6.45, 7) is 0.580. The monoisotopic (exact) mass is 231 g/mol. The molecule has 17 heavy (non-hydrogen) atoms. The minimum absolute atomic E-state index is 0.226. The van der Waals surface area contributed by atoms with Crippen LogP contribution in [0.3, 0.4) is 0 Å². The normalized spacial score (nSPS) is 10.4. The number of carbonyl (C=O) groups is 2. The van der Waals surface area contributed by atoms with Crippen molar-refractivity contribution in [1.82, 2.24) is 4.57 Å². The van der Waals surface area contributed by atoms with Gasteiger partial charge in [-0.3, -0.25) is 9.59 Å². The quantitative estimate of drug-likeness (QED) is 0.597. The summed E-state index contributed by atoms with van der Waals surface area (Å²) >= 11 is 0. The highest BCUT2D eigenvalue weighted by Crippen LogP contribution is 2.17. The van der Waals surface area contributed by atoms with Crippen LogP contribution in [-0.2, 0) is 16.1 Å². The number of fused-ring (bicyclic) bond motifs is 1. The molecule has 1 aromatic heterocycles. The highest BCUT2D eigenvalue weighted by atomic mass is 16.5. The van der Waals surface area contributed by atoms with Gasteiger partial charge in [-0.2, -0.15) is 0 Å². The second kappa shape index (κ2) is 4.82. The maximum atomic E-state index is 11.1. The molecule has 1 heterocycles. The molecule has 0 atom stereocenters. The van der Waals surface area contributed by atoms with E-state index in [0.717, 1.165) is 17.2 Å². The minimum atomic E-state index is -0.226. The van der Waals surface area contributed by atoms with Crippen molar-refractivity contribution in [2.24, 2.45) is 0 Å². The number of methoxy groups -OCH3 is 1. The average molecular weight is 231 g/mol. The molecule has 0 saturated carbocycles. The summed E-state index contributed by atoms with van der Waals surface area (Å²) in [7, 11) is 1.38. The minimum Gasteiger partial charge on any atom is -0.469 e. The molecule has 4 nitrogen and oxygen atoms in total. The van der Waals surface area contributed by atoms with Crippen molar-refractivity contribution < 1.29 is 14.3 Å². The van der Waals surface area contributed by atoms with Crippen molar-refractivity contribution in [2.75, 3.05) is 7.11 Å². The Hall–Kier alpha value is -2.10. The molecule has 2 aromatic rings. The molecule has 0 amide bonds. The summed E-state index contributed by atoms with van der Waals surface area (Å²) < 4.78 is 6.57. The van der Waals surface area contributed by atoms with Crippen LogP contribution in [0.15, 0.2) is 30.5 Å². The number of esters is 1. The smallest absolute Gasteiger partial charge is 0.307 e. The van der Waals surface area contributed by atoms with Gasteiger partial charge in [0.1, 0.15) is 6.29 Å². The lowest BCUT2D eigenvalue weighted by molar-refractivity contribution is -0.140. The molecule has 4 heteroatoms. The zero-order valence-electron chi connectivity index (χ0n) is 9.55. The first-order valence-corrected chi connectivity index (χ1v) is 5.35. The van der Waals surface area contributed by atoms with Gasteiger partial charge >= 0.3 is 5.97 Å². The first kappa shape index (κ1) is 11.4. The molecule has 0 N–H and O–H groups in total. The Bertz CT molecular complexity index is 557. The Morgan fingerprint density at radius 1 is 1.41 bits per heavy atom. The fourth-order valence-electron chi connectivity index (χ4n) is 1.80. The van der Waals surface area contributed by atoms with Crippen molar-refractivity contribution in [3.05, 3.63) is 36.0 Å². The summed E-state index contributed by atoms with van der Waals surface area (Å²) in [5, 5.41) is 1.000. The standard InChI is InChI=1S/C13H13NO3/c1-17-13(16)5-7-14-6-4-11-8-10(9-15)2-3-12(11)14/h2-4,6,8-9H,5,7H2,1H3. The largest absolute Gasteiger partial charge is 0.469 e. The van der Waals surface area contributed by atoms with Gasteiger partial charge < -0.3 is 9.30 Å². The Balaban J connectivity index is 2.24. The Kier molecular flexibility index (Phi) is 3.23. The molecule has 2 rings (SSSR count). The maximum absolute atomic E-state index is 11.1. The summed E-state index contributed by atoms with van der Waals surface area (Å²) in [5.41, 5.74) is 1.67. The second-order valence-corrected chi connectivity index (χ2v) is 3.77. The highest BCUT2D eigenvalue weighted by Gasteiger charge is 2.04. The van der Waals surface area contributed by atoms with Crippen LogP contribution in [0.5, 0.6) is 0 Å². The topological polar surface area (TPSA) is 48.3 Å². The molecule has 0 bridgehead atoms. The third kappa shape index (κ3) is 2.36. The van der Waals surface area contributed by atoms with E-state index in [2.05, 4.69) is 4.74 Å². The number of nitrogens with zero attached hydrogens (tertiary/aromatic N) is 1. The predicted molar refractivity (Wildman–Crippen MR) is 64.0 cm³/mol. The van der Waals surface area contributed by atoms with E-state index >= 15 is 0 Å². The summed E-state index contributed by atoms with van der Waals surface area (Å²) in [6.07, 6.45) is 3.07. The van der Waals surface area contributed by atoms with E-state index in [1.165, 1.54) is 7.11 Å². The molecule has 0 radical (unpaired) electrons. The summed E-state index contributed by atoms with van der Waals surface area (Å²) in [5.74, 6) is -0.226. The molecule has 0 aliphatic rings. The second-order valence-electron chi connectivity index (χ2n) is 3.77. The van der Waals surface area contributed by atoms with Gasteiger partial charge in [-0.1, -0.05) is 0 Å². The van der Waals surface area contributed by atoms with E-state index in [-0.39, 0.29) is 5.97 Å². The van der Waals surface area contributed by atoms with Gasteiger partial charge in [0.05, 0.1) is 13.5 Å². The van der Waals surface area contributed by atoms with Gasteiger partial charge in [-0.05, 0) is 24.3 Å². The van der Waals surface area contributed by atoms with Crippen molar-refractivity contribution >= 4 is 23.2 Å². The molecule has 0 aliphatic carbocycles. The van der Waals surface area contributed by atoms with Gasteiger partial charge in [0, 0.05) is 29.2 Å². The van der Waals surface area contributed by atoms with Crippen molar-refractivity contribution in [2.45, 2.75) is 13.0 Å². The van der Waals surface area contributed by atoms with Crippen LogP contribution >= 0.6 is 0 Å². The lowest BCUT2D eigenvalue weighted by atomic mass is 10.2. The van der Waals surface area contributed by atoms with Gasteiger partial charge in [-0.25, -0.2) is 0 Å². The fourth-order valence-corrected chi connectivity index (χ4v) is 1.80. The zero-order chi connectivity index (χ0) is 12.3. The average Bonchev–Trinajstić information content (AvgIpc) is 2.77. The van der Waals surface area contributed by atoms with Gasteiger partial charge in [0.2, 0.25) is 0 Å². The van der Waals surface area contributed by atoms with Crippen LogP contribution in [0.4, 0.5) is 0 Å². The molecule has 0 unspecified atom stereocenters. The Morgan fingerprint density at radius 2 is 2.24 bits per heavy atom. The Labute approximate surface area is 98.8 Å². The first-order valence-electron chi connectivity index (χ1n) is 5.35. The van der Waals surface area contributed by atoms with Crippen molar-refractivity contribution in [1.29, 1.82) is 0 Å².